The van der Waals surface area contributed by atoms with E-state index in [-0.39, 0.29) is 45.8 Å². The van der Waals surface area contributed by atoms with Crippen LogP contribution in [0.5, 0.6) is 23.0 Å². The maximum absolute atomic E-state index is 13.8. The summed E-state index contributed by atoms with van der Waals surface area (Å²) in [5, 5.41) is 29.8. The van der Waals surface area contributed by atoms with Crippen LogP contribution in [0.25, 0.3) is 12.2 Å². The van der Waals surface area contributed by atoms with Gasteiger partial charge in [-0.15, -0.1) is 0 Å². The van der Waals surface area contributed by atoms with E-state index in [1.807, 2.05) is 12.1 Å². The van der Waals surface area contributed by atoms with Crippen LogP contribution in [0.2, 0.25) is 0 Å². The first-order valence-electron chi connectivity index (χ1n) is 12.0. The van der Waals surface area contributed by atoms with Crippen molar-refractivity contribution in [3.8, 4) is 29.1 Å². The fourth-order valence-electron chi connectivity index (χ4n) is 4.18. The maximum atomic E-state index is 13.8. The molecule has 3 aromatic carbocycles. The van der Waals surface area contributed by atoms with Gasteiger partial charge in [0.1, 0.15) is 17.4 Å². The molecular weight excluding hydrogens is 576 g/mol. The molecule has 1 aliphatic heterocycles. The van der Waals surface area contributed by atoms with Crippen molar-refractivity contribution >= 4 is 33.9 Å². The Kier molecular flexibility index (Phi) is 8.62. The van der Waals surface area contributed by atoms with E-state index in [2.05, 4.69) is 22.0 Å². The Hall–Kier alpha value is -4.94. The highest BCUT2D eigenvalue weighted by molar-refractivity contribution is 9.10. The molecular formula is C31H25BrN2O6. The SMILES string of the molecule is COc1cc(C=CC(=O)C2=C(C=Cc3ccc(O)c(OC)c3)OC(N)=C(C#N)C2c2ccc(Br)cc2)ccc1O. The summed E-state index contributed by atoms with van der Waals surface area (Å²) in [6, 6.07) is 18.8. The van der Waals surface area contributed by atoms with Crippen LogP contribution in [0, 0.1) is 11.3 Å². The third-order valence-electron chi connectivity index (χ3n) is 6.18. The Balaban J connectivity index is 1.84. The quantitative estimate of drug-likeness (QED) is 0.270. The van der Waals surface area contributed by atoms with E-state index in [0.717, 1.165) is 4.47 Å². The molecule has 0 bridgehead atoms. The molecule has 3 aromatic rings. The lowest BCUT2D eigenvalue weighted by molar-refractivity contribution is -0.111. The second-order valence-corrected chi connectivity index (χ2v) is 9.56. The fourth-order valence-corrected chi connectivity index (χ4v) is 4.45. The van der Waals surface area contributed by atoms with Crippen molar-refractivity contribution in [1.29, 1.82) is 5.26 Å². The molecule has 0 radical (unpaired) electrons. The molecule has 8 nitrogen and oxygen atoms in total. The first kappa shape index (κ1) is 28.1. The molecule has 202 valence electrons. The number of allylic oxidation sites excluding steroid dienone is 4. The van der Waals surface area contributed by atoms with Crippen LogP contribution in [0.3, 0.4) is 0 Å². The van der Waals surface area contributed by atoms with Gasteiger partial charge in [0, 0.05) is 4.47 Å². The van der Waals surface area contributed by atoms with Gasteiger partial charge in [0.05, 0.1) is 25.7 Å². The van der Waals surface area contributed by atoms with Crippen LogP contribution in [0.15, 0.2) is 100 Å². The predicted molar refractivity (Wildman–Crippen MR) is 154 cm³/mol. The van der Waals surface area contributed by atoms with Crippen LogP contribution < -0.4 is 15.2 Å². The number of aromatic hydroxyl groups is 2. The topological polar surface area (TPSA) is 135 Å². The van der Waals surface area contributed by atoms with Gasteiger partial charge in [-0.2, -0.15) is 5.26 Å². The van der Waals surface area contributed by atoms with Gasteiger partial charge in [0.2, 0.25) is 5.88 Å². The average Bonchev–Trinajstić information content (AvgIpc) is 2.96. The molecule has 1 atom stereocenters. The van der Waals surface area contributed by atoms with Gasteiger partial charge in [-0.25, -0.2) is 0 Å². The predicted octanol–water partition coefficient (Wildman–Crippen LogP) is 5.94. The smallest absolute Gasteiger partial charge is 0.205 e. The van der Waals surface area contributed by atoms with E-state index in [4.69, 9.17) is 19.9 Å². The summed E-state index contributed by atoms with van der Waals surface area (Å²) in [7, 11) is 2.88. The molecule has 0 saturated heterocycles. The summed E-state index contributed by atoms with van der Waals surface area (Å²) in [5.41, 5.74) is 8.45. The number of hydrogen-bond donors (Lipinski definition) is 3. The monoisotopic (exact) mass is 600 g/mol. The Morgan fingerprint density at radius 3 is 2.08 bits per heavy atom. The number of carbonyl (C=O) groups is 1. The van der Waals surface area contributed by atoms with Crippen molar-refractivity contribution < 1.29 is 29.2 Å². The number of ketones is 1. The van der Waals surface area contributed by atoms with Crippen molar-refractivity contribution in [3.05, 3.63) is 117 Å². The largest absolute Gasteiger partial charge is 0.504 e. The number of rotatable bonds is 8. The van der Waals surface area contributed by atoms with Crippen LogP contribution in [-0.4, -0.2) is 30.2 Å². The van der Waals surface area contributed by atoms with E-state index in [1.54, 1.807) is 54.6 Å². The molecule has 4 rings (SSSR count). The number of nitrogens with two attached hydrogens (primary N) is 1. The highest BCUT2D eigenvalue weighted by Crippen LogP contribution is 2.41. The number of benzene rings is 3. The first-order valence-corrected chi connectivity index (χ1v) is 12.8. The molecule has 40 heavy (non-hydrogen) atoms. The third kappa shape index (κ3) is 6.03. The Bertz CT molecular complexity index is 1610. The molecule has 0 aliphatic carbocycles. The van der Waals surface area contributed by atoms with Crippen LogP contribution in [0.4, 0.5) is 0 Å². The average molecular weight is 601 g/mol. The molecule has 0 saturated carbocycles. The maximum Gasteiger partial charge on any atom is 0.205 e. The number of methoxy groups -OCH3 is 2. The Labute approximate surface area is 239 Å². The minimum absolute atomic E-state index is 0.0132. The van der Waals surface area contributed by atoms with Gasteiger partial charge in [-0.1, -0.05) is 52.3 Å². The number of halogens is 1. The molecule has 0 amide bonds. The van der Waals surface area contributed by atoms with Gasteiger partial charge < -0.3 is 30.2 Å². The Morgan fingerprint density at radius 2 is 1.52 bits per heavy atom. The van der Waals surface area contributed by atoms with Crippen molar-refractivity contribution in [2.45, 2.75) is 5.92 Å². The zero-order chi connectivity index (χ0) is 28.8. The number of carbonyl (C=O) groups excluding carboxylic acids is 1. The zero-order valence-corrected chi connectivity index (χ0v) is 23.2. The van der Waals surface area contributed by atoms with Gasteiger partial charge in [-0.05, 0) is 65.2 Å². The fraction of sp³-hybridized carbons (Fsp3) is 0.0968. The number of hydrogen-bond acceptors (Lipinski definition) is 8. The lowest BCUT2D eigenvalue weighted by Gasteiger charge is -2.27. The van der Waals surface area contributed by atoms with Gasteiger partial charge in [-0.3, -0.25) is 4.79 Å². The van der Waals surface area contributed by atoms with E-state index in [0.29, 0.717) is 16.7 Å². The van der Waals surface area contributed by atoms with Crippen molar-refractivity contribution in [1.82, 2.24) is 0 Å². The highest BCUT2D eigenvalue weighted by atomic mass is 79.9. The van der Waals surface area contributed by atoms with E-state index >= 15 is 0 Å². The third-order valence-corrected chi connectivity index (χ3v) is 6.71. The summed E-state index contributed by atoms with van der Waals surface area (Å²) in [4.78, 5) is 13.8. The van der Waals surface area contributed by atoms with Gasteiger partial charge in [0.25, 0.3) is 0 Å². The summed E-state index contributed by atoms with van der Waals surface area (Å²) in [5.74, 6) is -0.656. The summed E-state index contributed by atoms with van der Waals surface area (Å²) < 4.78 is 17.0. The standard InChI is InChI=1S/C31H25BrN2O6/c1-38-27-15-18(3-11-23(27)35)5-13-25(37)30-26(14-6-19-4-12-24(36)28(16-19)39-2)40-31(34)22(17-33)29(30)20-7-9-21(32)10-8-20/h3-16,29,35-36H,34H2,1-2H3. The first-order chi connectivity index (χ1) is 19.2. The van der Waals surface area contributed by atoms with Crippen molar-refractivity contribution in [3.63, 3.8) is 0 Å². The molecule has 1 heterocycles. The van der Waals surface area contributed by atoms with Crippen LogP contribution >= 0.6 is 15.9 Å². The minimum atomic E-state index is -0.799. The summed E-state index contributed by atoms with van der Waals surface area (Å²) >= 11 is 3.42. The van der Waals surface area contributed by atoms with Crippen molar-refractivity contribution in [2.75, 3.05) is 14.2 Å². The van der Waals surface area contributed by atoms with E-state index in [1.165, 1.54) is 32.4 Å². The highest BCUT2D eigenvalue weighted by Gasteiger charge is 2.35. The van der Waals surface area contributed by atoms with Gasteiger partial charge >= 0.3 is 0 Å². The normalized spacial score (nSPS) is 15.3. The van der Waals surface area contributed by atoms with Gasteiger partial charge in [0.15, 0.2) is 28.8 Å². The lowest BCUT2D eigenvalue weighted by atomic mass is 9.81. The summed E-state index contributed by atoms with van der Waals surface area (Å²) in [6.07, 6.45) is 6.21. The van der Waals surface area contributed by atoms with E-state index < -0.39 is 11.7 Å². The van der Waals surface area contributed by atoms with E-state index in [9.17, 15) is 20.3 Å². The summed E-state index contributed by atoms with van der Waals surface area (Å²) in [6.45, 7) is 0. The second-order valence-electron chi connectivity index (χ2n) is 8.65. The molecule has 0 aromatic heterocycles. The molecule has 0 fully saturated rings. The number of nitriles is 1. The van der Waals surface area contributed by atoms with Crippen LogP contribution in [-0.2, 0) is 9.53 Å². The van der Waals surface area contributed by atoms with Crippen LogP contribution in [0.1, 0.15) is 22.6 Å². The molecule has 4 N–H and O–H groups in total. The Morgan fingerprint density at radius 1 is 0.950 bits per heavy atom. The lowest BCUT2D eigenvalue weighted by Crippen LogP contribution is -2.24. The minimum Gasteiger partial charge on any atom is -0.504 e. The number of phenols is 2. The molecule has 1 unspecified atom stereocenters. The number of ether oxygens (including phenoxy) is 3. The molecule has 9 heteroatoms. The number of nitrogens with zero attached hydrogens (tertiary/aromatic N) is 1. The molecule has 0 spiro atoms. The second kappa shape index (κ2) is 12.3. The van der Waals surface area contributed by atoms with Crippen molar-refractivity contribution in [2.24, 2.45) is 5.73 Å². The zero-order valence-electron chi connectivity index (χ0n) is 21.6. The molecule has 1 aliphatic rings. The number of phenolic OH excluding ortho intramolecular Hbond substituents is 2.